The van der Waals surface area contributed by atoms with Crippen molar-refractivity contribution < 1.29 is 0 Å². The molecule has 6 aromatic carbocycles. The van der Waals surface area contributed by atoms with Gasteiger partial charge >= 0.3 is 0 Å². The largest absolute Gasteiger partial charge is 0.0622 e. The molecule has 0 aromatic heterocycles. The molecule has 6 aromatic rings. The highest BCUT2D eigenvalue weighted by molar-refractivity contribution is 7.74. The first-order valence-corrected chi connectivity index (χ1v) is 27.9. The molecular formula is C63H82P2. The molecule has 0 saturated heterocycles. The monoisotopic (exact) mass is 901 g/mol. The second kappa shape index (κ2) is 22.3. The van der Waals surface area contributed by atoms with Gasteiger partial charge in [0.05, 0.1) is 0 Å². The fourth-order valence-electron chi connectivity index (χ4n) is 9.22. The first-order chi connectivity index (χ1) is 30.8. The summed E-state index contributed by atoms with van der Waals surface area (Å²) < 4.78 is 0. The second-order valence-corrected chi connectivity index (χ2v) is 26.3. The number of benzene rings is 6. The third-order valence-electron chi connectivity index (χ3n) is 13.7. The maximum atomic E-state index is 2.62. The van der Waals surface area contributed by atoms with Gasteiger partial charge in [0, 0.05) is 11.3 Å². The van der Waals surface area contributed by atoms with Gasteiger partial charge < -0.3 is 0 Å². The Morgan fingerprint density at radius 3 is 0.600 bits per heavy atom. The Hall–Kier alpha value is -3.82. The molecule has 344 valence electrons. The van der Waals surface area contributed by atoms with E-state index in [9.17, 15) is 0 Å². The lowest BCUT2D eigenvalue weighted by molar-refractivity contribution is 0.773. The molecule has 0 saturated carbocycles. The van der Waals surface area contributed by atoms with E-state index in [-0.39, 0.29) is 11.3 Å². The van der Waals surface area contributed by atoms with Crippen LogP contribution in [0.2, 0.25) is 0 Å². The predicted molar refractivity (Wildman–Crippen MR) is 294 cm³/mol. The van der Waals surface area contributed by atoms with E-state index in [2.05, 4.69) is 244 Å². The first kappa shape index (κ1) is 50.6. The van der Waals surface area contributed by atoms with E-state index < -0.39 is 15.8 Å². The number of hydrogen-bond donors (Lipinski definition) is 0. The summed E-state index contributed by atoms with van der Waals surface area (Å²) in [5, 5.41) is 6.07. The standard InChI is InChI=1S/C63H82P2/c1-40(2)50-27-51(41(3)4)32-58(31-50)64(59-33-52(42(5)6)28-53(34-59)43(7)8)62(48-23-19-17-20-24-48)39-63(49-25-21-18-22-26-49)65(60-35-54(44(9)10)29-55(36-60)45(11)12)61-37-56(46(13)14)30-57(38-61)47(15)16/h17-38,40-47,62-63H,39H2,1-16H3. The highest BCUT2D eigenvalue weighted by atomic mass is 31.1. The average molecular weight is 901 g/mol. The molecule has 2 unspecified atom stereocenters. The maximum absolute atomic E-state index is 2.62. The Bertz CT molecular complexity index is 2040. The second-order valence-electron chi connectivity index (χ2n) is 21.5. The molecule has 6 rings (SSSR count). The van der Waals surface area contributed by atoms with Crippen LogP contribution in [0.15, 0.2) is 133 Å². The van der Waals surface area contributed by atoms with E-state index in [1.165, 1.54) is 76.9 Å². The van der Waals surface area contributed by atoms with Crippen LogP contribution in [0.3, 0.4) is 0 Å². The Morgan fingerprint density at radius 1 is 0.246 bits per heavy atom. The molecule has 0 spiro atoms. The zero-order valence-corrected chi connectivity index (χ0v) is 44.9. The van der Waals surface area contributed by atoms with Crippen molar-refractivity contribution in [3.63, 3.8) is 0 Å². The third kappa shape index (κ3) is 12.4. The van der Waals surface area contributed by atoms with Gasteiger partial charge in [0.15, 0.2) is 0 Å². The summed E-state index contributed by atoms with van der Waals surface area (Å²) in [5.41, 5.74) is 15.0. The van der Waals surface area contributed by atoms with Crippen LogP contribution in [-0.4, -0.2) is 0 Å². The minimum atomic E-state index is -0.896. The van der Waals surface area contributed by atoms with Crippen molar-refractivity contribution in [2.45, 2.75) is 176 Å². The molecule has 2 heteroatoms. The third-order valence-corrected chi connectivity index (χ3v) is 19.3. The van der Waals surface area contributed by atoms with Gasteiger partial charge in [0.25, 0.3) is 0 Å². The van der Waals surface area contributed by atoms with Gasteiger partial charge in [-0.3, -0.25) is 0 Å². The quantitative estimate of drug-likeness (QED) is 0.0754. The van der Waals surface area contributed by atoms with Crippen LogP contribution in [-0.2, 0) is 0 Å². The van der Waals surface area contributed by atoms with Gasteiger partial charge in [-0.2, -0.15) is 0 Å². The molecule has 0 radical (unpaired) electrons. The normalized spacial score (nSPS) is 13.3. The Kier molecular flexibility index (Phi) is 17.4. The van der Waals surface area contributed by atoms with E-state index >= 15 is 0 Å². The number of rotatable bonds is 18. The van der Waals surface area contributed by atoms with Gasteiger partial charge in [-0.1, -0.05) is 244 Å². The van der Waals surface area contributed by atoms with E-state index in [4.69, 9.17) is 0 Å². The lowest BCUT2D eigenvalue weighted by atomic mass is 9.96. The zero-order chi connectivity index (χ0) is 47.3. The summed E-state index contributed by atoms with van der Waals surface area (Å²) in [6.45, 7) is 38.0. The van der Waals surface area contributed by atoms with Crippen LogP contribution >= 0.6 is 15.8 Å². The maximum Gasteiger partial charge on any atom is 0.0131 e. The van der Waals surface area contributed by atoms with E-state index in [1.54, 1.807) is 0 Å². The van der Waals surface area contributed by atoms with Gasteiger partial charge in [-0.25, -0.2) is 0 Å². The molecule has 0 heterocycles. The first-order valence-electron chi connectivity index (χ1n) is 25.1. The van der Waals surface area contributed by atoms with Gasteiger partial charge in [-0.15, -0.1) is 0 Å². The van der Waals surface area contributed by atoms with Crippen molar-refractivity contribution in [3.8, 4) is 0 Å². The molecule has 2 atom stereocenters. The smallest absolute Gasteiger partial charge is 0.0131 e. The summed E-state index contributed by atoms with van der Waals surface area (Å²) >= 11 is 0. The molecule has 0 bridgehead atoms. The van der Waals surface area contributed by atoms with Gasteiger partial charge in [0.1, 0.15) is 0 Å². The Balaban J connectivity index is 1.76. The summed E-state index contributed by atoms with van der Waals surface area (Å²) in [4.78, 5) is 0. The van der Waals surface area contributed by atoms with E-state index in [1.807, 2.05) is 0 Å². The summed E-state index contributed by atoms with van der Waals surface area (Å²) in [7, 11) is -1.79. The molecule has 0 aliphatic heterocycles. The topological polar surface area (TPSA) is 0 Å². The SMILES string of the molecule is CC(C)c1cc(C(C)C)cc(P(c2cc(C(C)C)cc(C(C)C)c2)C(CC(c2ccccc2)P(c2cc(C(C)C)cc(C(C)C)c2)c2cc(C(C)C)cc(C(C)C)c2)c2ccccc2)c1. The van der Waals surface area contributed by atoms with Crippen molar-refractivity contribution in [2.24, 2.45) is 0 Å². The molecule has 0 fully saturated rings. The molecular weight excluding hydrogens is 819 g/mol. The summed E-state index contributed by atoms with van der Waals surface area (Å²) in [6, 6.07) is 54.5. The van der Waals surface area contributed by atoms with Crippen LogP contribution in [0, 0.1) is 0 Å². The van der Waals surface area contributed by atoms with Crippen molar-refractivity contribution >= 4 is 37.1 Å². The molecule has 0 N–H and O–H groups in total. The van der Waals surface area contributed by atoms with Crippen molar-refractivity contribution in [3.05, 3.63) is 189 Å². The molecule has 0 amide bonds. The molecule has 0 nitrogen and oxygen atoms in total. The fourth-order valence-corrected chi connectivity index (χ4v) is 15.5. The van der Waals surface area contributed by atoms with Crippen molar-refractivity contribution in [1.29, 1.82) is 0 Å². The summed E-state index contributed by atoms with van der Waals surface area (Å²) in [6.07, 6.45) is 1.03. The highest BCUT2D eigenvalue weighted by Gasteiger charge is 2.36. The Labute approximate surface area is 400 Å². The van der Waals surface area contributed by atoms with Gasteiger partial charge in [0.2, 0.25) is 0 Å². The van der Waals surface area contributed by atoms with Crippen LogP contribution in [0.5, 0.6) is 0 Å². The summed E-state index contributed by atoms with van der Waals surface area (Å²) in [5.74, 6) is 3.48. The Morgan fingerprint density at radius 2 is 0.431 bits per heavy atom. The van der Waals surface area contributed by atoms with Crippen LogP contribution in [0.25, 0.3) is 0 Å². The average Bonchev–Trinajstić information content (AvgIpc) is 3.28. The fraction of sp³-hybridized carbons (Fsp3) is 0.429. The van der Waals surface area contributed by atoms with Crippen LogP contribution in [0.1, 0.15) is 231 Å². The van der Waals surface area contributed by atoms with Crippen molar-refractivity contribution in [2.75, 3.05) is 0 Å². The highest BCUT2D eigenvalue weighted by Crippen LogP contribution is 2.61. The molecule has 65 heavy (non-hydrogen) atoms. The predicted octanol–water partition coefficient (Wildman–Crippen LogP) is 18.1. The minimum absolute atomic E-state index is 0.252. The lowest BCUT2D eigenvalue weighted by Gasteiger charge is -2.38. The zero-order valence-electron chi connectivity index (χ0n) is 43.1. The van der Waals surface area contributed by atoms with E-state index in [0.717, 1.165) is 6.42 Å². The molecule has 0 aliphatic carbocycles. The lowest BCUT2D eigenvalue weighted by Crippen LogP contribution is -2.24. The van der Waals surface area contributed by atoms with E-state index in [0.29, 0.717) is 47.3 Å². The van der Waals surface area contributed by atoms with Crippen LogP contribution < -0.4 is 21.2 Å². The minimum Gasteiger partial charge on any atom is -0.0622 e. The van der Waals surface area contributed by atoms with Gasteiger partial charge in [-0.05, 0) is 146 Å². The number of hydrogen-bond acceptors (Lipinski definition) is 0. The van der Waals surface area contributed by atoms with Crippen LogP contribution in [0.4, 0.5) is 0 Å². The van der Waals surface area contributed by atoms with Crippen molar-refractivity contribution in [1.82, 2.24) is 0 Å². The molecule has 0 aliphatic rings.